The highest BCUT2D eigenvalue weighted by Gasteiger charge is 2.19. The van der Waals surface area contributed by atoms with Gasteiger partial charge < -0.3 is 5.32 Å². The smallest absolute Gasteiger partial charge is 0.240 e. The first kappa shape index (κ1) is 20.4. The molecule has 0 radical (unpaired) electrons. The van der Waals surface area contributed by atoms with Crippen molar-refractivity contribution in [2.45, 2.75) is 29.6 Å². The van der Waals surface area contributed by atoms with Crippen LogP contribution in [-0.2, 0) is 19.9 Å². The van der Waals surface area contributed by atoms with Gasteiger partial charge in [-0.3, -0.25) is 0 Å². The molecule has 1 fully saturated rings. The third-order valence-corrected chi connectivity index (χ3v) is 7.05. The topological polar surface area (TPSA) is 92.3 Å². The molecule has 0 saturated carbocycles. The Bertz CT molecular complexity index is 714. The van der Waals surface area contributed by atoms with Gasteiger partial charge in [0.1, 0.15) is 0 Å². The van der Waals surface area contributed by atoms with E-state index in [2.05, 4.69) is 10.0 Å². The minimum absolute atomic E-state index is 0. The molecule has 1 atom stereocenters. The molecule has 1 aromatic rings. The van der Waals surface area contributed by atoms with Gasteiger partial charge in [-0.15, -0.1) is 12.4 Å². The van der Waals surface area contributed by atoms with E-state index < -0.39 is 19.9 Å². The largest absolute Gasteiger partial charge is 0.316 e. The average Bonchev–Trinajstić information content (AvgIpc) is 3.00. The maximum absolute atomic E-state index is 12.3. The summed E-state index contributed by atoms with van der Waals surface area (Å²) in [6.07, 6.45) is 1.84. The molecule has 1 unspecified atom stereocenters. The van der Waals surface area contributed by atoms with E-state index in [0.29, 0.717) is 12.5 Å². The van der Waals surface area contributed by atoms with Crippen LogP contribution in [0.15, 0.2) is 34.1 Å². The third-order valence-electron chi connectivity index (χ3n) is 3.86. The Morgan fingerprint density at radius 1 is 1.22 bits per heavy atom. The molecule has 0 amide bonds. The Morgan fingerprint density at radius 2 is 1.91 bits per heavy atom. The lowest BCUT2D eigenvalue weighted by Gasteiger charge is -2.11. The third kappa shape index (κ3) is 5.42. The molecular weight excluding hydrogens is 360 g/mol. The van der Waals surface area contributed by atoms with Crippen LogP contribution in [0.25, 0.3) is 0 Å². The average molecular weight is 383 g/mol. The second-order valence-electron chi connectivity index (χ2n) is 5.42. The van der Waals surface area contributed by atoms with Crippen LogP contribution in [0.2, 0.25) is 0 Å². The normalized spacial score (nSPS) is 18.6. The highest BCUT2D eigenvalue weighted by Crippen LogP contribution is 2.17. The predicted molar refractivity (Wildman–Crippen MR) is 92.2 cm³/mol. The quantitative estimate of drug-likeness (QED) is 0.738. The van der Waals surface area contributed by atoms with Gasteiger partial charge in [0.05, 0.1) is 15.5 Å². The molecule has 1 aromatic carbocycles. The van der Waals surface area contributed by atoms with Crippen LogP contribution in [0.5, 0.6) is 0 Å². The zero-order chi connectivity index (χ0) is 16.2. The number of hydrogen-bond acceptors (Lipinski definition) is 5. The number of sulfonamides is 1. The maximum atomic E-state index is 12.3. The number of sulfone groups is 1. The van der Waals surface area contributed by atoms with Gasteiger partial charge in [0.2, 0.25) is 10.0 Å². The van der Waals surface area contributed by atoms with E-state index in [1.165, 1.54) is 31.2 Å². The molecule has 1 aliphatic rings. The van der Waals surface area contributed by atoms with Crippen molar-refractivity contribution >= 4 is 32.3 Å². The molecule has 1 saturated heterocycles. The summed E-state index contributed by atoms with van der Waals surface area (Å²) < 4.78 is 50.7. The summed E-state index contributed by atoms with van der Waals surface area (Å²) in [5.74, 6) is 0.438. The molecule has 1 heterocycles. The van der Waals surface area contributed by atoms with E-state index in [1.54, 1.807) is 0 Å². The van der Waals surface area contributed by atoms with Crippen molar-refractivity contribution in [3.05, 3.63) is 24.3 Å². The Morgan fingerprint density at radius 3 is 2.52 bits per heavy atom. The van der Waals surface area contributed by atoms with Gasteiger partial charge in [-0.05, 0) is 50.0 Å². The van der Waals surface area contributed by atoms with Crippen LogP contribution in [-0.4, -0.2) is 42.2 Å². The van der Waals surface area contributed by atoms with E-state index in [0.717, 1.165) is 25.9 Å². The molecule has 0 aromatic heterocycles. The van der Waals surface area contributed by atoms with E-state index in [4.69, 9.17) is 0 Å². The van der Waals surface area contributed by atoms with Gasteiger partial charge in [-0.25, -0.2) is 21.6 Å². The molecule has 23 heavy (non-hydrogen) atoms. The van der Waals surface area contributed by atoms with Gasteiger partial charge in [0, 0.05) is 6.54 Å². The molecule has 0 aliphatic carbocycles. The zero-order valence-electron chi connectivity index (χ0n) is 13.0. The minimum Gasteiger partial charge on any atom is -0.316 e. The van der Waals surface area contributed by atoms with Gasteiger partial charge in [0.25, 0.3) is 0 Å². The molecule has 1 aliphatic heterocycles. The van der Waals surface area contributed by atoms with Crippen LogP contribution in [0.1, 0.15) is 19.8 Å². The van der Waals surface area contributed by atoms with Crippen LogP contribution < -0.4 is 10.0 Å². The first-order valence-electron chi connectivity index (χ1n) is 7.38. The second kappa shape index (κ2) is 8.43. The molecular formula is C14H23ClN2O4S2. The lowest BCUT2D eigenvalue weighted by Crippen LogP contribution is -2.26. The van der Waals surface area contributed by atoms with Crippen molar-refractivity contribution in [1.29, 1.82) is 0 Å². The SMILES string of the molecule is CCS(=O)(=O)c1cccc(S(=O)(=O)NCCC2CCNC2)c1.Cl. The fourth-order valence-corrected chi connectivity index (χ4v) is 4.54. The predicted octanol–water partition coefficient (Wildman–Crippen LogP) is 1.18. The highest BCUT2D eigenvalue weighted by atomic mass is 35.5. The number of nitrogens with one attached hydrogen (secondary N) is 2. The van der Waals surface area contributed by atoms with E-state index >= 15 is 0 Å². The monoisotopic (exact) mass is 382 g/mol. The number of halogens is 1. The number of hydrogen-bond donors (Lipinski definition) is 2. The fourth-order valence-electron chi connectivity index (χ4n) is 2.44. The summed E-state index contributed by atoms with van der Waals surface area (Å²) in [4.78, 5) is 0.0319. The Balaban J connectivity index is 0.00000264. The van der Waals surface area contributed by atoms with Crippen molar-refractivity contribution in [2.75, 3.05) is 25.4 Å². The molecule has 6 nitrogen and oxygen atoms in total. The van der Waals surface area contributed by atoms with Gasteiger partial charge in [-0.1, -0.05) is 13.0 Å². The van der Waals surface area contributed by atoms with Crippen LogP contribution >= 0.6 is 12.4 Å². The van der Waals surface area contributed by atoms with Crippen LogP contribution in [0.4, 0.5) is 0 Å². The van der Waals surface area contributed by atoms with Crippen molar-refractivity contribution in [2.24, 2.45) is 5.92 Å². The molecule has 2 rings (SSSR count). The highest BCUT2D eigenvalue weighted by molar-refractivity contribution is 7.91. The van der Waals surface area contributed by atoms with Gasteiger partial charge in [-0.2, -0.15) is 0 Å². The molecule has 132 valence electrons. The summed E-state index contributed by atoms with van der Waals surface area (Å²) in [6.45, 7) is 3.80. The van der Waals surface area contributed by atoms with Crippen molar-refractivity contribution in [3.63, 3.8) is 0 Å². The van der Waals surface area contributed by atoms with Crippen molar-refractivity contribution in [1.82, 2.24) is 10.0 Å². The van der Waals surface area contributed by atoms with Gasteiger partial charge >= 0.3 is 0 Å². The summed E-state index contributed by atoms with van der Waals surface area (Å²) in [7, 11) is -7.09. The van der Waals surface area contributed by atoms with E-state index in [-0.39, 0.29) is 28.0 Å². The Hall–Kier alpha value is -0.670. The minimum atomic E-state index is -3.68. The van der Waals surface area contributed by atoms with Crippen molar-refractivity contribution < 1.29 is 16.8 Å². The summed E-state index contributed by atoms with van der Waals surface area (Å²) >= 11 is 0. The van der Waals surface area contributed by atoms with Crippen LogP contribution in [0.3, 0.4) is 0 Å². The first-order chi connectivity index (χ1) is 10.3. The first-order valence-corrected chi connectivity index (χ1v) is 10.5. The summed E-state index contributed by atoms with van der Waals surface area (Å²) in [6, 6.07) is 5.51. The Kier molecular flexibility index (Phi) is 7.47. The standard InChI is InChI=1S/C14H22N2O4S2.ClH/c1-2-21(17,18)13-4-3-5-14(10-13)22(19,20)16-9-7-12-6-8-15-11-12;/h3-5,10,12,15-16H,2,6-9,11H2,1H3;1H. The summed E-state index contributed by atoms with van der Waals surface area (Å²) in [5, 5.41) is 3.24. The fraction of sp³-hybridized carbons (Fsp3) is 0.571. The van der Waals surface area contributed by atoms with Crippen LogP contribution in [0, 0.1) is 5.92 Å². The summed E-state index contributed by atoms with van der Waals surface area (Å²) in [5.41, 5.74) is 0. The van der Waals surface area contributed by atoms with E-state index in [9.17, 15) is 16.8 Å². The maximum Gasteiger partial charge on any atom is 0.240 e. The number of benzene rings is 1. The molecule has 0 bridgehead atoms. The van der Waals surface area contributed by atoms with Crippen molar-refractivity contribution in [3.8, 4) is 0 Å². The second-order valence-corrected chi connectivity index (χ2v) is 9.47. The lowest BCUT2D eigenvalue weighted by molar-refractivity contribution is 0.519. The van der Waals surface area contributed by atoms with E-state index in [1.807, 2.05) is 0 Å². The molecule has 0 spiro atoms. The Labute approximate surface area is 144 Å². The van der Waals surface area contributed by atoms with Gasteiger partial charge in [0.15, 0.2) is 9.84 Å². The zero-order valence-corrected chi connectivity index (χ0v) is 15.4. The molecule has 9 heteroatoms. The molecule has 2 N–H and O–H groups in total. The number of rotatable bonds is 7. The lowest BCUT2D eigenvalue weighted by atomic mass is 10.1.